The van der Waals surface area contributed by atoms with Gasteiger partial charge in [-0.05, 0) is 65.7 Å². The zero-order valence-electron chi connectivity index (χ0n) is 22.5. The second-order valence-corrected chi connectivity index (χ2v) is 10.4. The molecule has 0 bridgehead atoms. The van der Waals surface area contributed by atoms with Gasteiger partial charge in [-0.2, -0.15) is 9.78 Å². The van der Waals surface area contributed by atoms with Crippen LogP contribution in [-0.4, -0.2) is 29.8 Å². The minimum Gasteiger partial charge on any atom is -0.496 e. The molecule has 0 spiro atoms. The Bertz CT molecular complexity index is 2100. The maximum atomic E-state index is 13.6. The van der Waals surface area contributed by atoms with E-state index in [0.29, 0.717) is 50.8 Å². The first kappa shape index (κ1) is 26.9. The molecule has 7 rings (SSSR count). The number of hydrogen-bond acceptors (Lipinski definition) is 8. The molecule has 11 heteroatoms. The summed E-state index contributed by atoms with van der Waals surface area (Å²) >= 11 is 13.1. The van der Waals surface area contributed by atoms with Crippen LogP contribution in [0.15, 0.2) is 93.2 Å². The molecular formula is C32H21Cl2N3O6. The lowest BCUT2D eigenvalue weighted by Crippen LogP contribution is -2.20. The van der Waals surface area contributed by atoms with Crippen LogP contribution in [0.25, 0.3) is 33.5 Å². The van der Waals surface area contributed by atoms with Gasteiger partial charge in [0, 0.05) is 0 Å². The molecule has 0 atom stereocenters. The summed E-state index contributed by atoms with van der Waals surface area (Å²) in [4.78, 5) is 18.3. The molecule has 0 fully saturated rings. The van der Waals surface area contributed by atoms with Gasteiger partial charge in [0.05, 0.1) is 39.7 Å². The van der Waals surface area contributed by atoms with E-state index < -0.39 is 0 Å². The van der Waals surface area contributed by atoms with Gasteiger partial charge in [-0.3, -0.25) is 4.79 Å². The van der Waals surface area contributed by atoms with Gasteiger partial charge < -0.3 is 23.4 Å². The van der Waals surface area contributed by atoms with E-state index >= 15 is 0 Å². The molecule has 0 amide bonds. The molecule has 0 saturated carbocycles. The smallest absolute Gasteiger partial charge is 0.282 e. The molecule has 0 aliphatic carbocycles. The Balaban J connectivity index is 1.23. The quantitative estimate of drug-likeness (QED) is 0.174. The summed E-state index contributed by atoms with van der Waals surface area (Å²) in [6.45, 7) is 0.406. The number of fused-ring (bicyclic) bond motifs is 3. The molecule has 1 aliphatic heterocycles. The molecule has 4 aromatic carbocycles. The third-order valence-corrected chi connectivity index (χ3v) is 7.44. The topological polar surface area (TPSA) is 97.3 Å². The van der Waals surface area contributed by atoms with Crippen molar-refractivity contribution in [3.8, 4) is 34.6 Å². The van der Waals surface area contributed by atoms with E-state index in [2.05, 4.69) is 5.10 Å². The Hall–Kier alpha value is -4.99. The van der Waals surface area contributed by atoms with E-state index in [1.165, 1.54) is 10.9 Å². The largest absolute Gasteiger partial charge is 0.496 e. The van der Waals surface area contributed by atoms with Crippen molar-refractivity contribution in [1.82, 2.24) is 9.66 Å². The highest BCUT2D eigenvalue weighted by atomic mass is 35.5. The molecule has 2 aromatic heterocycles. The Morgan fingerprint density at radius 1 is 0.953 bits per heavy atom. The average molecular weight is 614 g/mol. The van der Waals surface area contributed by atoms with Crippen molar-refractivity contribution in [2.75, 3.05) is 13.9 Å². The fraction of sp³-hybridized carbons (Fsp3) is 0.0938. The summed E-state index contributed by atoms with van der Waals surface area (Å²) in [6, 6.07) is 23.1. The highest BCUT2D eigenvalue weighted by Crippen LogP contribution is 2.37. The number of para-hydroxylation sites is 1. The van der Waals surface area contributed by atoms with E-state index in [1.54, 1.807) is 43.5 Å². The van der Waals surface area contributed by atoms with Gasteiger partial charge in [-0.15, -0.1) is 0 Å². The highest BCUT2D eigenvalue weighted by Gasteiger charge is 2.19. The molecule has 0 N–H and O–H groups in total. The number of ether oxygens (including phenoxy) is 4. The molecule has 0 radical (unpaired) electrons. The van der Waals surface area contributed by atoms with Crippen LogP contribution in [0.3, 0.4) is 0 Å². The number of hydrogen-bond donors (Lipinski definition) is 0. The Morgan fingerprint density at radius 3 is 2.60 bits per heavy atom. The van der Waals surface area contributed by atoms with Gasteiger partial charge in [0.25, 0.3) is 5.56 Å². The summed E-state index contributed by atoms with van der Waals surface area (Å²) in [5.74, 6) is 2.87. The first-order valence-corrected chi connectivity index (χ1v) is 13.9. The predicted octanol–water partition coefficient (Wildman–Crippen LogP) is 7.32. The van der Waals surface area contributed by atoms with E-state index in [0.717, 1.165) is 10.9 Å². The number of furan rings is 1. The molecule has 1 aliphatic rings. The van der Waals surface area contributed by atoms with Crippen molar-refractivity contribution in [2.24, 2.45) is 5.10 Å². The fourth-order valence-electron chi connectivity index (χ4n) is 4.82. The number of methoxy groups -OCH3 is 1. The third-order valence-electron chi connectivity index (χ3n) is 6.88. The number of nitrogens with zero attached hydrogens (tertiary/aromatic N) is 3. The maximum Gasteiger partial charge on any atom is 0.282 e. The summed E-state index contributed by atoms with van der Waals surface area (Å²) in [7, 11) is 1.58. The highest BCUT2D eigenvalue weighted by molar-refractivity contribution is 6.37. The standard InChI is InChI=1S/C32H21Cl2N3O6/c1-39-25-7-4-8-26-21(25)14-29(43-26)31-36-24-6-3-2-5-20(24)32(38)37(31)35-15-19-11-22(33)30(23(34)12-19)40-16-18-9-10-27-28(13-18)42-17-41-27/h2-15H,16-17H2,1H3. The normalized spacial score (nSPS) is 12.4. The molecule has 6 aromatic rings. The second kappa shape index (κ2) is 11.0. The minimum atomic E-state index is -0.370. The van der Waals surface area contributed by atoms with Crippen LogP contribution in [0.1, 0.15) is 11.1 Å². The van der Waals surface area contributed by atoms with Gasteiger partial charge in [-0.25, -0.2) is 4.98 Å². The second-order valence-electron chi connectivity index (χ2n) is 9.59. The molecular weight excluding hydrogens is 593 g/mol. The van der Waals surface area contributed by atoms with Crippen molar-refractivity contribution in [3.63, 3.8) is 0 Å². The first-order valence-electron chi connectivity index (χ1n) is 13.1. The molecule has 214 valence electrons. The Kier molecular flexibility index (Phi) is 6.89. The zero-order chi connectivity index (χ0) is 29.5. The van der Waals surface area contributed by atoms with Crippen LogP contribution in [0, 0.1) is 0 Å². The molecule has 9 nitrogen and oxygen atoms in total. The lowest BCUT2D eigenvalue weighted by atomic mass is 10.2. The van der Waals surface area contributed by atoms with Gasteiger partial charge >= 0.3 is 0 Å². The van der Waals surface area contributed by atoms with Crippen LogP contribution in [-0.2, 0) is 6.61 Å². The van der Waals surface area contributed by atoms with Gasteiger partial charge in [0.15, 0.2) is 23.0 Å². The van der Waals surface area contributed by atoms with E-state index in [4.69, 9.17) is 51.6 Å². The zero-order valence-corrected chi connectivity index (χ0v) is 24.1. The summed E-state index contributed by atoms with van der Waals surface area (Å²) < 4.78 is 29.5. The Morgan fingerprint density at radius 2 is 1.77 bits per heavy atom. The van der Waals surface area contributed by atoms with Crippen molar-refractivity contribution >= 4 is 51.3 Å². The third kappa shape index (κ3) is 5.03. The van der Waals surface area contributed by atoms with E-state index in [9.17, 15) is 4.79 Å². The van der Waals surface area contributed by atoms with Gasteiger partial charge in [0.2, 0.25) is 12.6 Å². The summed E-state index contributed by atoms with van der Waals surface area (Å²) in [5, 5.41) is 6.20. The van der Waals surface area contributed by atoms with Crippen LogP contribution in [0.5, 0.6) is 23.0 Å². The molecule has 0 saturated heterocycles. The van der Waals surface area contributed by atoms with Crippen LogP contribution >= 0.6 is 23.2 Å². The van der Waals surface area contributed by atoms with Gasteiger partial charge in [0.1, 0.15) is 17.9 Å². The summed E-state index contributed by atoms with van der Waals surface area (Å²) in [6.07, 6.45) is 1.48. The summed E-state index contributed by atoms with van der Waals surface area (Å²) in [5.41, 5.74) is 2.13. The lowest BCUT2D eigenvalue weighted by molar-refractivity contribution is 0.174. The number of aromatic nitrogens is 2. The van der Waals surface area contributed by atoms with Gasteiger partial charge in [-0.1, -0.05) is 47.5 Å². The SMILES string of the molecule is COc1cccc2oc(-c3nc4ccccc4c(=O)n3N=Cc3cc(Cl)c(OCc4ccc5c(c4)OCO5)c(Cl)c3)cc12. The molecule has 3 heterocycles. The van der Waals surface area contributed by atoms with Crippen molar-refractivity contribution in [3.05, 3.63) is 110 Å². The fourth-order valence-corrected chi connectivity index (χ4v) is 5.43. The van der Waals surface area contributed by atoms with Crippen LogP contribution in [0.4, 0.5) is 0 Å². The number of rotatable bonds is 7. The monoisotopic (exact) mass is 613 g/mol. The maximum absolute atomic E-state index is 13.6. The Labute approximate surface area is 254 Å². The predicted molar refractivity (Wildman–Crippen MR) is 164 cm³/mol. The molecule has 43 heavy (non-hydrogen) atoms. The van der Waals surface area contributed by atoms with Crippen molar-refractivity contribution in [2.45, 2.75) is 6.61 Å². The van der Waals surface area contributed by atoms with E-state index in [1.807, 2.05) is 42.5 Å². The van der Waals surface area contributed by atoms with Crippen LogP contribution < -0.4 is 24.5 Å². The first-order chi connectivity index (χ1) is 21.0. The lowest BCUT2D eigenvalue weighted by Gasteiger charge is -2.11. The van der Waals surface area contributed by atoms with Crippen molar-refractivity contribution in [1.29, 1.82) is 0 Å². The van der Waals surface area contributed by atoms with E-state index in [-0.39, 0.29) is 34.8 Å². The number of halogens is 2. The van der Waals surface area contributed by atoms with Crippen LogP contribution in [0.2, 0.25) is 10.0 Å². The number of benzene rings is 4. The minimum absolute atomic E-state index is 0.191. The molecule has 0 unspecified atom stereocenters. The average Bonchev–Trinajstić information content (AvgIpc) is 3.67. The van der Waals surface area contributed by atoms with Crippen molar-refractivity contribution < 1.29 is 23.4 Å².